The molecule has 0 saturated heterocycles. The lowest BCUT2D eigenvalue weighted by Gasteiger charge is -2.26. The topological polar surface area (TPSA) is 111 Å². The Kier molecular flexibility index (Phi) is 4.41. The zero-order chi connectivity index (χ0) is 19.8. The van der Waals surface area contributed by atoms with E-state index < -0.39 is 0 Å². The lowest BCUT2D eigenvalue weighted by Crippen LogP contribution is -2.36. The molecule has 0 bridgehead atoms. The van der Waals surface area contributed by atoms with Crippen molar-refractivity contribution in [1.82, 2.24) is 10.1 Å². The number of rotatable bonds is 2. The molecule has 1 amide bonds. The van der Waals surface area contributed by atoms with Crippen molar-refractivity contribution in [3.8, 4) is 28.9 Å². The summed E-state index contributed by atoms with van der Waals surface area (Å²) in [4.78, 5) is 14.5. The van der Waals surface area contributed by atoms with Gasteiger partial charge < -0.3 is 19.6 Å². The lowest BCUT2D eigenvalue weighted by atomic mass is 10.00. The molecule has 2 N–H and O–H groups in total. The van der Waals surface area contributed by atoms with Crippen molar-refractivity contribution in [2.45, 2.75) is 13.0 Å². The van der Waals surface area contributed by atoms with E-state index in [0.717, 1.165) is 6.07 Å². The first-order valence-corrected chi connectivity index (χ1v) is 8.84. The van der Waals surface area contributed by atoms with Crippen LogP contribution in [0.3, 0.4) is 0 Å². The van der Waals surface area contributed by atoms with Crippen LogP contribution in [-0.4, -0.2) is 32.7 Å². The first kappa shape index (κ1) is 17.9. The molecule has 8 heteroatoms. The van der Waals surface area contributed by atoms with E-state index in [1.54, 1.807) is 29.2 Å². The number of aromatic hydroxyl groups is 2. The molecule has 4 rings (SSSR count). The Labute approximate surface area is 165 Å². The number of aromatic nitrogens is 1. The number of phenols is 2. The highest BCUT2D eigenvalue weighted by molar-refractivity contribution is 6.32. The summed E-state index contributed by atoms with van der Waals surface area (Å²) in [6, 6.07) is 11.1. The normalized spacial score (nSPS) is 13.1. The van der Waals surface area contributed by atoms with Crippen LogP contribution < -0.4 is 0 Å². The average molecular weight is 396 g/mol. The third-order valence-corrected chi connectivity index (χ3v) is 4.98. The number of benzene rings is 2. The minimum absolute atomic E-state index is 0.0648. The van der Waals surface area contributed by atoms with Gasteiger partial charge in [-0.05, 0) is 24.3 Å². The first-order valence-electron chi connectivity index (χ1n) is 8.46. The van der Waals surface area contributed by atoms with Crippen molar-refractivity contribution in [2.75, 3.05) is 6.54 Å². The molecule has 1 aliphatic heterocycles. The highest BCUT2D eigenvalue weighted by atomic mass is 35.5. The van der Waals surface area contributed by atoms with Gasteiger partial charge in [0.05, 0.1) is 34.5 Å². The number of carbonyl (C=O) groups is 1. The van der Waals surface area contributed by atoms with Gasteiger partial charge in [0.25, 0.3) is 5.91 Å². The van der Waals surface area contributed by atoms with Crippen LogP contribution in [0.5, 0.6) is 11.5 Å². The summed E-state index contributed by atoms with van der Waals surface area (Å²) in [6.45, 7) is 0.693. The molecule has 2 heterocycles. The van der Waals surface area contributed by atoms with Gasteiger partial charge in [0.15, 0.2) is 5.76 Å². The largest absolute Gasteiger partial charge is 0.507 e. The Morgan fingerprint density at radius 1 is 1.25 bits per heavy atom. The molecule has 1 aromatic heterocycles. The van der Waals surface area contributed by atoms with Crippen LogP contribution in [0.4, 0.5) is 0 Å². The fraction of sp³-hybridized carbons (Fsp3) is 0.150. The molecular formula is C20H14ClN3O4. The molecule has 0 radical (unpaired) electrons. The van der Waals surface area contributed by atoms with Crippen molar-refractivity contribution < 1.29 is 19.5 Å². The number of fused-ring (bicyclic) bond motifs is 1. The van der Waals surface area contributed by atoms with E-state index in [-0.39, 0.29) is 34.5 Å². The van der Waals surface area contributed by atoms with E-state index in [1.165, 1.54) is 6.07 Å². The summed E-state index contributed by atoms with van der Waals surface area (Å²) in [5, 5.41) is 33.0. The molecule has 0 spiro atoms. The number of halogens is 1. The van der Waals surface area contributed by atoms with E-state index in [0.29, 0.717) is 41.1 Å². The summed E-state index contributed by atoms with van der Waals surface area (Å²) < 4.78 is 5.42. The van der Waals surface area contributed by atoms with Crippen molar-refractivity contribution in [1.29, 1.82) is 5.26 Å². The Balaban J connectivity index is 1.68. The van der Waals surface area contributed by atoms with Gasteiger partial charge in [-0.2, -0.15) is 5.26 Å². The number of carbonyl (C=O) groups excluding carboxylic acids is 1. The second kappa shape index (κ2) is 6.91. The van der Waals surface area contributed by atoms with E-state index >= 15 is 0 Å². The molecule has 2 aromatic carbocycles. The minimum atomic E-state index is -0.245. The molecule has 140 valence electrons. The number of hydrogen-bond acceptors (Lipinski definition) is 6. The third-order valence-electron chi connectivity index (χ3n) is 4.67. The monoisotopic (exact) mass is 395 g/mol. The number of nitrogens with zero attached hydrogens (tertiary/aromatic N) is 3. The second-order valence-corrected chi connectivity index (χ2v) is 6.83. The van der Waals surface area contributed by atoms with E-state index in [9.17, 15) is 15.0 Å². The highest BCUT2D eigenvalue weighted by Crippen LogP contribution is 2.40. The van der Waals surface area contributed by atoms with Crippen molar-refractivity contribution in [3.63, 3.8) is 0 Å². The zero-order valence-electron chi connectivity index (χ0n) is 14.5. The SMILES string of the molecule is N#Cc1cccc(C(=O)N2CCc3noc(-c4cc(Cl)c(O)cc4O)c3C2)c1. The molecule has 0 atom stereocenters. The van der Waals surface area contributed by atoms with Gasteiger partial charge in [0.2, 0.25) is 0 Å². The fourth-order valence-corrected chi connectivity index (χ4v) is 3.40. The number of phenolic OH excluding ortho intramolecular Hbond substituents is 2. The standard InChI is InChI=1S/C20H14ClN3O4/c21-15-7-13(17(25)8-18(15)26)19-14-10-24(5-4-16(14)23-28-19)20(27)12-3-1-2-11(6-12)9-22/h1-3,6-8,25-26H,4-5,10H2. The van der Waals surface area contributed by atoms with Crippen molar-refractivity contribution in [3.05, 3.63) is 63.8 Å². The Bertz CT molecular complexity index is 1130. The van der Waals surface area contributed by atoms with Gasteiger partial charge in [0, 0.05) is 30.2 Å². The van der Waals surface area contributed by atoms with Crippen LogP contribution in [0.1, 0.15) is 27.2 Å². The maximum atomic E-state index is 12.9. The van der Waals surface area contributed by atoms with Gasteiger partial charge in [-0.15, -0.1) is 0 Å². The van der Waals surface area contributed by atoms with Gasteiger partial charge in [-0.1, -0.05) is 22.8 Å². The van der Waals surface area contributed by atoms with Crippen LogP contribution >= 0.6 is 11.6 Å². The second-order valence-electron chi connectivity index (χ2n) is 6.43. The zero-order valence-corrected chi connectivity index (χ0v) is 15.3. The Morgan fingerprint density at radius 2 is 2.07 bits per heavy atom. The summed E-state index contributed by atoms with van der Waals surface area (Å²) in [7, 11) is 0. The molecule has 28 heavy (non-hydrogen) atoms. The van der Waals surface area contributed by atoms with Crippen LogP contribution in [0.2, 0.25) is 5.02 Å². The number of amides is 1. The molecule has 7 nitrogen and oxygen atoms in total. The van der Waals surface area contributed by atoms with E-state index in [1.807, 2.05) is 6.07 Å². The lowest BCUT2D eigenvalue weighted by molar-refractivity contribution is 0.0734. The van der Waals surface area contributed by atoms with Crippen LogP contribution in [0.25, 0.3) is 11.3 Å². The Hall–Kier alpha value is -3.50. The molecule has 0 aliphatic carbocycles. The summed E-state index contributed by atoms with van der Waals surface area (Å²) in [5.41, 5.74) is 2.51. The van der Waals surface area contributed by atoms with Crippen LogP contribution in [0.15, 0.2) is 40.9 Å². The summed E-state index contributed by atoms with van der Waals surface area (Å²) >= 11 is 5.96. The van der Waals surface area contributed by atoms with E-state index in [4.69, 9.17) is 21.4 Å². The van der Waals surface area contributed by atoms with Crippen LogP contribution in [-0.2, 0) is 13.0 Å². The summed E-state index contributed by atoms with van der Waals surface area (Å²) in [5.74, 6) is -0.350. The van der Waals surface area contributed by atoms with Crippen molar-refractivity contribution >= 4 is 17.5 Å². The van der Waals surface area contributed by atoms with Gasteiger partial charge in [-0.25, -0.2) is 0 Å². The van der Waals surface area contributed by atoms with E-state index in [2.05, 4.69) is 5.16 Å². The molecule has 0 fully saturated rings. The molecule has 0 saturated carbocycles. The molecule has 3 aromatic rings. The Morgan fingerprint density at radius 3 is 2.86 bits per heavy atom. The smallest absolute Gasteiger partial charge is 0.254 e. The fourth-order valence-electron chi connectivity index (χ4n) is 3.23. The average Bonchev–Trinajstić information content (AvgIpc) is 3.13. The first-order chi connectivity index (χ1) is 13.5. The summed E-state index contributed by atoms with van der Waals surface area (Å²) in [6.07, 6.45) is 0.495. The highest BCUT2D eigenvalue weighted by Gasteiger charge is 2.29. The molecule has 0 unspecified atom stereocenters. The maximum Gasteiger partial charge on any atom is 0.254 e. The molecule has 1 aliphatic rings. The predicted molar refractivity (Wildman–Crippen MR) is 99.9 cm³/mol. The van der Waals surface area contributed by atoms with Gasteiger partial charge in [0.1, 0.15) is 11.5 Å². The van der Waals surface area contributed by atoms with Crippen molar-refractivity contribution in [2.24, 2.45) is 0 Å². The quantitative estimate of drug-likeness (QED) is 0.687. The predicted octanol–water partition coefficient (Wildman–Crippen LogP) is 3.48. The number of nitriles is 1. The van der Waals surface area contributed by atoms with Gasteiger partial charge in [-0.3, -0.25) is 4.79 Å². The molecular weight excluding hydrogens is 382 g/mol. The van der Waals surface area contributed by atoms with Gasteiger partial charge >= 0.3 is 0 Å². The number of hydrogen-bond donors (Lipinski definition) is 2. The third kappa shape index (κ3) is 3.04. The van der Waals surface area contributed by atoms with Crippen LogP contribution in [0, 0.1) is 11.3 Å². The maximum absolute atomic E-state index is 12.9. The minimum Gasteiger partial charge on any atom is -0.507 e.